The average molecular weight is 1030 g/mol. The number of aliphatic imine (C=N–C) groups is 1. The van der Waals surface area contributed by atoms with Crippen LogP contribution in [0.1, 0.15) is 89.4 Å². The molecule has 1 fully saturated rings. The summed E-state index contributed by atoms with van der Waals surface area (Å²) >= 11 is 9.45. The minimum atomic E-state index is -1.17. The van der Waals surface area contributed by atoms with Gasteiger partial charge in [0.15, 0.2) is 23.2 Å². The number of rotatable bonds is 26. The Morgan fingerprint density at radius 3 is 2.46 bits per heavy atom. The van der Waals surface area contributed by atoms with Crippen LogP contribution in [0.3, 0.4) is 0 Å². The van der Waals surface area contributed by atoms with Crippen molar-refractivity contribution in [2.24, 2.45) is 4.99 Å². The van der Waals surface area contributed by atoms with Gasteiger partial charge < -0.3 is 45.9 Å². The molecule has 0 radical (unpaired) electrons. The predicted molar refractivity (Wildman–Crippen MR) is 291 cm³/mol. The average Bonchev–Trinajstić information content (AvgIpc) is 3.71. The number of aromatic carboxylic acids is 1. The zero-order valence-corrected chi connectivity index (χ0v) is 43.6. The summed E-state index contributed by atoms with van der Waals surface area (Å²) < 4.78 is 7.86. The van der Waals surface area contributed by atoms with Crippen LogP contribution in [0.4, 0.5) is 22.7 Å². The molecule has 1 aromatic heterocycles. The molecule has 6 rings (SSSR count). The van der Waals surface area contributed by atoms with Crippen LogP contribution in [-0.2, 0) is 20.1 Å². The maximum absolute atomic E-state index is 13.0. The predicted octanol–water partition coefficient (Wildman–Crippen LogP) is 9.48. The van der Waals surface area contributed by atoms with Crippen LogP contribution in [0.2, 0.25) is 5.02 Å². The molecule has 3 unspecified atom stereocenters. The quantitative estimate of drug-likeness (QED) is 0.0174. The number of anilines is 3. The summed E-state index contributed by atoms with van der Waals surface area (Å²) in [6, 6.07) is 23.5. The fraction of sp³-hybridized carbons (Fsp3) is 0.396. The number of piperidine rings is 1. The van der Waals surface area contributed by atoms with Crippen LogP contribution in [0, 0.1) is 0 Å². The standard InChI is InChI=1S/C52H62ClN7O7S2.CH4O/c1-52(2)30-38(58-37-12-7-10-35(29-37)48-46(53)47(67-27-26-62)49(69-48)51(65)66)21-24-60(52)68-32-33-15-17-41(55-4)42(28-33)57-23-20-34(19-22-54-3)39-16-18-43(45-36(31-63)11-8-13-40(39)45)59(6)44(14-9-25-61)50(64)56-5;1-2/h7-8,10-13,15-18,25-26,28-29,31,34,38,44,54,57-58H,4,9,14,19-24,27,30,32H2,1-3,5-6H3,(H,56,64)(H,65,66);2H,1H3. The van der Waals surface area contributed by atoms with Gasteiger partial charge in [-0.1, -0.05) is 66.0 Å². The number of nitrogens with one attached hydrogen (secondary N) is 4. The van der Waals surface area contributed by atoms with Crippen molar-refractivity contribution < 1.29 is 38.9 Å². The van der Waals surface area contributed by atoms with Gasteiger partial charge in [-0.2, -0.15) is 0 Å². The molecule has 0 saturated carbocycles. The number of aldehydes is 3. The van der Waals surface area contributed by atoms with E-state index in [1.54, 1.807) is 13.1 Å². The zero-order valence-electron chi connectivity index (χ0n) is 41.3. The smallest absolute Gasteiger partial charge is 0.349 e. The minimum Gasteiger partial charge on any atom is -0.483 e. The number of carboxylic acid groups (broad SMARTS) is 1. The lowest BCUT2D eigenvalue weighted by atomic mass is 9.86. The number of aliphatic hydroxyl groups is 1. The van der Waals surface area contributed by atoms with E-state index in [4.69, 9.17) is 21.4 Å². The van der Waals surface area contributed by atoms with Gasteiger partial charge in [-0.3, -0.25) is 19.4 Å². The summed E-state index contributed by atoms with van der Waals surface area (Å²) in [7, 11) is 6.36. The van der Waals surface area contributed by atoms with Gasteiger partial charge in [-0.25, -0.2) is 9.10 Å². The van der Waals surface area contributed by atoms with Crippen LogP contribution < -0.4 is 30.9 Å². The van der Waals surface area contributed by atoms with Crippen molar-refractivity contribution in [2.75, 3.05) is 70.0 Å². The Kier molecular flexibility index (Phi) is 21.4. The SMILES string of the molecule is C=Nc1ccc(CSN2CCC(Nc3cccc(-c4sc(C(=O)O)c(OCC=O)c4Cl)c3)CC2(C)C)cc1NCCC(CCNC)c1ccc(N(C)C(CCC=O)C(=O)NC)c2c(C=O)cccc12.CO. The van der Waals surface area contributed by atoms with E-state index < -0.39 is 12.0 Å². The Morgan fingerprint density at radius 2 is 1.79 bits per heavy atom. The molecule has 1 aliphatic rings. The van der Waals surface area contributed by atoms with Gasteiger partial charge in [0, 0.05) is 80.4 Å². The van der Waals surface area contributed by atoms with Crippen molar-refractivity contribution in [3.8, 4) is 16.2 Å². The second kappa shape index (κ2) is 27.1. The minimum absolute atomic E-state index is 0.00464. The molecule has 1 aliphatic heterocycles. The second-order valence-corrected chi connectivity index (χ2v) is 20.0. The zero-order chi connectivity index (χ0) is 51.7. The van der Waals surface area contributed by atoms with Gasteiger partial charge in [0.1, 0.15) is 24.0 Å². The van der Waals surface area contributed by atoms with Crippen molar-refractivity contribution in [3.05, 3.63) is 99.4 Å². The molecule has 15 nitrogen and oxygen atoms in total. The van der Waals surface area contributed by atoms with E-state index in [0.29, 0.717) is 29.7 Å². The second-order valence-electron chi connectivity index (χ2n) is 17.6. The number of thiophene rings is 1. The number of likely N-dealkylation sites (N-methyl/N-ethyl adjacent to an activating group) is 2. The molecule has 4 aromatic carbocycles. The topological polar surface area (TPSA) is 202 Å². The molecule has 1 saturated heterocycles. The summed E-state index contributed by atoms with van der Waals surface area (Å²) in [5, 5.41) is 32.1. The number of carboxylic acids is 1. The normalized spacial score (nSPS) is 15.1. The highest BCUT2D eigenvalue weighted by Crippen LogP contribution is 2.46. The highest BCUT2D eigenvalue weighted by atomic mass is 35.5. The molecular formula is C53H66ClN7O8S2. The summed E-state index contributed by atoms with van der Waals surface area (Å²) in [5.41, 5.74) is 6.77. The molecular weight excluding hydrogens is 962 g/mol. The lowest BCUT2D eigenvalue weighted by molar-refractivity contribution is -0.122. The molecule has 0 aliphatic carbocycles. The van der Waals surface area contributed by atoms with Crippen LogP contribution in [0.15, 0.2) is 77.8 Å². The third-order valence-corrected chi connectivity index (χ3v) is 15.8. The number of fused-ring (bicyclic) bond motifs is 1. The molecule has 0 spiro atoms. The Hall–Kier alpha value is -5.82. The van der Waals surface area contributed by atoms with Crippen LogP contribution in [-0.4, -0.2) is 124 Å². The van der Waals surface area contributed by atoms with E-state index in [2.05, 4.69) is 69.3 Å². The van der Waals surface area contributed by atoms with Crippen molar-refractivity contribution >= 4 is 106 Å². The fourth-order valence-electron chi connectivity index (χ4n) is 9.21. The third kappa shape index (κ3) is 14.0. The van der Waals surface area contributed by atoms with E-state index in [9.17, 15) is 29.1 Å². The Balaban J connectivity index is 0.00000463. The lowest BCUT2D eigenvalue weighted by Crippen LogP contribution is -2.49. The van der Waals surface area contributed by atoms with Gasteiger partial charge in [-0.15, -0.1) is 11.3 Å². The first kappa shape index (κ1) is 56.1. The molecule has 18 heteroatoms. The van der Waals surface area contributed by atoms with E-state index in [1.165, 1.54) is 0 Å². The van der Waals surface area contributed by atoms with Crippen LogP contribution in [0.5, 0.6) is 5.75 Å². The maximum Gasteiger partial charge on any atom is 0.349 e. The van der Waals surface area contributed by atoms with Gasteiger partial charge >= 0.3 is 5.97 Å². The summed E-state index contributed by atoms with van der Waals surface area (Å²) in [4.78, 5) is 66.5. The van der Waals surface area contributed by atoms with Crippen molar-refractivity contribution in [2.45, 2.75) is 81.7 Å². The molecule has 380 valence electrons. The maximum atomic E-state index is 13.0. The van der Waals surface area contributed by atoms with Crippen LogP contribution in [0.25, 0.3) is 21.2 Å². The highest BCUT2D eigenvalue weighted by Gasteiger charge is 2.35. The van der Waals surface area contributed by atoms with Gasteiger partial charge in [-0.05, 0) is 125 Å². The molecule has 2 heterocycles. The molecule has 71 heavy (non-hydrogen) atoms. The van der Waals surface area contributed by atoms with E-state index >= 15 is 0 Å². The molecule has 3 atom stereocenters. The van der Waals surface area contributed by atoms with Gasteiger partial charge in [0.25, 0.3) is 0 Å². The Morgan fingerprint density at radius 1 is 1.03 bits per heavy atom. The number of aliphatic hydroxyl groups excluding tert-OH is 1. The largest absolute Gasteiger partial charge is 0.483 e. The molecule has 0 bridgehead atoms. The van der Waals surface area contributed by atoms with Crippen molar-refractivity contribution in [3.63, 3.8) is 0 Å². The lowest BCUT2D eigenvalue weighted by Gasteiger charge is -2.45. The molecule has 5 aromatic rings. The van der Waals surface area contributed by atoms with Gasteiger partial charge in [0.2, 0.25) is 5.91 Å². The summed E-state index contributed by atoms with van der Waals surface area (Å²) in [6.45, 7) is 10.4. The number of amides is 1. The fourth-order valence-corrected chi connectivity index (χ4v) is 11.8. The highest BCUT2D eigenvalue weighted by molar-refractivity contribution is 7.96. The van der Waals surface area contributed by atoms with Crippen LogP contribution >= 0.6 is 34.9 Å². The first-order chi connectivity index (χ1) is 34.3. The number of halogens is 1. The number of hydrogen-bond acceptors (Lipinski definition) is 15. The van der Waals surface area contributed by atoms with Gasteiger partial charge in [0.05, 0.1) is 16.3 Å². The number of ether oxygens (including phenoxy) is 1. The number of carbonyl (C=O) groups is 5. The molecule has 6 N–H and O–H groups in total. The number of nitrogens with zero attached hydrogens (tertiary/aromatic N) is 3. The van der Waals surface area contributed by atoms with Crippen molar-refractivity contribution in [1.82, 2.24) is 14.9 Å². The Bertz CT molecular complexity index is 2650. The first-order valence-electron chi connectivity index (χ1n) is 23.5. The third-order valence-electron chi connectivity index (χ3n) is 12.7. The number of benzene rings is 4. The first-order valence-corrected chi connectivity index (χ1v) is 25.6. The monoisotopic (exact) mass is 1030 g/mol. The number of carbonyl (C=O) groups excluding carboxylic acids is 4. The summed E-state index contributed by atoms with van der Waals surface area (Å²) in [6.07, 6.45) is 6.27. The van der Waals surface area contributed by atoms with Crippen molar-refractivity contribution in [1.29, 1.82) is 0 Å². The van der Waals surface area contributed by atoms with E-state index in [-0.39, 0.29) is 52.1 Å². The van der Waals surface area contributed by atoms with E-state index in [1.807, 2.05) is 79.5 Å². The molecule has 1 amide bonds. The number of hydrogen-bond donors (Lipinski definition) is 6. The van der Waals surface area contributed by atoms with E-state index in [0.717, 1.165) is 126 Å². The Labute approximate surface area is 429 Å². The summed E-state index contributed by atoms with van der Waals surface area (Å²) in [5.74, 6) is -0.477.